The van der Waals surface area contributed by atoms with E-state index in [0.29, 0.717) is 16.8 Å². The van der Waals surface area contributed by atoms with E-state index >= 15 is 0 Å². The zero-order valence-corrected chi connectivity index (χ0v) is 8.27. The van der Waals surface area contributed by atoms with Crippen LogP contribution in [0.5, 0.6) is 5.75 Å². The minimum absolute atomic E-state index is 0.401. The smallest absolute Gasteiger partial charge is 0.124 e. The Hall–Kier alpha value is -0.890. The van der Waals surface area contributed by atoms with Crippen LogP contribution in [-0.2, 0) is 0 Å². The summed E-state index contributed by atoms with van der Waals surface area (Å²) in [6, 6.07) is 3.64. The van der Waals surface area contributed by atoms with Gasteiger partial charge in [0.05, 0.1) is 16.8 Å². The molecule has 0 aliphatic heterocycles. The first kappa shape index (κ1) is 8.70. The summed E-state index contributed by atoms with van der Waals surface area (Å²) >= 11 is 5.88. The van der Waals surface area contributed by atoms with Gasteiger partial charge < -0.3 is 10.5 Å². The van der Waals surface area contributed by atoms with E-state index in [4.69, 9.17) is 22.1 Å². The van der Waals surface area contributed by atoms with E-state index in [1.165, 1.54) is 0 Å². The maximum Gasteiger partial charge on any atom is 0.124 e. The van der Waals surface area contributed by atoms with Crippen molar-refractivity contribution in [2.45, 2.75) is 25.9 Å². The zero-order chi connectivity index (χ0) is 9.42. The van der Waals surface area contributed by atoms with Crippen molar-refractivity contribution in [2.75, 3.05) is 5.73 Å². The zero-order valence-electron chi connectivity index (χ0n) is 7.51. The molecule has 0 bridgehead atoms. The molecule has 70 valence electrons. The maximum absolute atomic E-state index is 5.88. The summed E-state index contributed by atoms with van der Waals surface area (Å²) in [6.45, 7) is 1.98. The predicted molar refractivity (Wildman–Crippen MR) is 54.3 cm³/mol. The minimum Gasteiger partial charge on any atom is -0.490 e. The van der Waals surface area contributed by atoms with Gasteiger partial charge in [-0.1, -0.05) is 11.6 Å². The highest BCUT2D eigenvalue weighted by atomic mass is 35.5. The normalized spacial score (nSPS) is 15.8. The van der Waals surface area contributed by atoms with Crippen LogP contribution in [0, 0.1) is 6.92 Å². The summed E-state index contributed by atoms with van der Waals surface area (Å²) in [5, 5.41) is 0.571. The lowest BCUT2D eigenvalue weighted by atomic mass is 10.2. The van der Waals surface area contributed by atoms with E-state index in [0.717, 1.165) is 24.2 Å². The van der Waals surface area contributed by atoms with E-state index in [-0.39, 0.29) is 0 Å². The van der Waals surface area contributed by atoms with Gasteiger partial charge in [-0.15, -0.1) is 0 Å². The van der Waals surface area contributed by atoms with Crippen LogP contribution >= 0.6 is 11.6 Å². The molecule has 0 unspecified atom stereocenters. The van der Waals surface area contributed by atoms with Crippen molar-refractivity contribution < 1.29 is 4.74 Å². The van der Waals surface area contributed by atoms with Crippen LogP contribution in [0.1, 0.15) is 18.4 Å². The van der Waals surface area contributed by atoms with Gasteiger partial charge in [-0.3, -0.25) is 0 Å². The van der Waals surface area contributed by atoms with Gasteiger partial charge in [0.1, 0.15) is 5.75 Å². The molecule has 0 saturated heterocycles. The largest absolute Gasteiger partial charge is 0.490 e. The lowest BCUT2D eigenvalue weighted by Gasteiger charge is -2.09. The van der Waals surface area contributed by atoms with Gasteiger partial charge in [-0.25, -0.2) is 0 Å². The Labute approximate surface area is 82.6 Å². The number of nitrogen functional groups attached to an aromatic ring is 1. The standard InChI is InChI=1S/C10H12ClNO/c1-6-4-9(12)8(11)5-10(6)13-7-2-3-7/h4-5,7H,2-3,12H2,1H3. The molecule has 1 aliphatic carbocycles. The fraction of sp³-hybridized carbons (Fsp3) is 0.400. The maximum atomic E-state index is 5.88. The summed E-state index contributed by atoms with van der Waals surface area (Å²) in [6.07, 6.45) is 2.71. The Morgan fingerprint density at radius 1 is 1.46 bits per heavy atom. The first-order valence-electron chi connectivity index (χ1n) is 4.39. The second-order valence-corrected chi connectivity index (χ2v) is 3.86. The molecule has 2 N–H and O–H groups in total. The molecule has 2 rings (SSSR count). The summed E-state index contributed by atoms with van der Waals surface area (Å²) < 4.78 is 5.65. The van der Waals surface area contributed by atoms with Crippen LogP contribution in [0.2, 0.25) is 5.02 Å². The number of benzene rings is 1. The van der Waals surface area contributed by atoms with Crippen molar-refractivity contribution in [1.82, 2.24) is 0 Å². The SMILES string of the molecule is Cc1cc(N)c(Cl)cc1OC1CC1. The topological polar surface area (TPSA) is 35.2 Å². The molecule has 3 heteroatoms. The molecular weight excluding hydrogens is 186 g/mol. The van der Waals surface area contributed by atoms with Gasteiger partial charge in [0.15, 0.2) is 0 Å². The highest BCUT2D eigenvalue weighted by molar-refractivity contribution is 6.33. The summed E-state index contributed by atoms with van der Waals surface area (Å²) in [4.78, 5) is 0. The molecule has 1 saturated carbocycles. The second-order valence-electron chi connectivity index (χ2n) is 3.46. The number of ether oxygens (including phenoxy) is 1. The molecule has 0 heterocycles. The Kier molecular flexibility index (Phi) is 2.08. The van der Waals surface area contributed by atoms with E-state index in [2.05, 4.69) is 0 Å². The summed E-state index contributed by atoms with van der Waals surface area (Å²) in [5.74, 6) is 0.863. The third-order valence-corrected chi connectivity index (χ3v) is 2.44. The molecule has 0 radical (unpaired) electrons. The van der Waals surface area contributed by atoms with Crippen molar-refractivity contribution in [3.63, 3.8) is 0 Å². The van der Waals surface area contributed by atoms with Crippen LogP contribution in [-0.4, -0.2) is 6.10 Å². The summed E-state index contributed by atoms with van der Waals surface area (Å²) in [7, 11) is 0. The minimum atomic E-state index is 0.401. The molecule has 1 fully saturated rings. The van der Waals surface area contributed by atoms with Crippen molar-refractivity contribution in [1.29, 1.82) is 0 Å². The molecular formula is C10H12ClNO. The van der Waals surface area contributed by atoms with Crippen LogP contribution in [0.15, 0.2) is 12.1 Å². The van der Waals surface area contributed by atoms with Gasteiger partial charge in [0, 0.05) is 6.07 Å². The average Bonchev–Trinajstić information content (AvgIpc) is 2.84. The van der Waals surface area contributed by atoms with Gasteiger partial charge in [-0.05, 0) is 31.4 Å². The van der Waals surface area contributed by atoms with Crippen molar-refractivity contribution in [3.05, 3.63) is 22.7 Å². The fourth-order valence-corrected chi connectivity index (χ4v) is 1.33. The highest BCUT2D eigenvalue weighted by Gasteiger charge is 2.24. The molecule has 0 aromatic heterocycles. The molecule has 0 spiro atoms. The lowest BCUT2D eigenvalue weighted by molar-refractivity contribution is 0.301. The number of hydrogen-bond acceptors (Lipinski definition) is 2. The molecule has 2 nitrogen and oxygen atoms in total. The Balaban J connectivity index is 2.27. The molecule has 0 amide bonds. The van der Waals surface area contributed by atoms with Gasteiger partial charge >= 0.3 is 0 Å². The van der Waals surface area contributed by atoms with E-state index < -0.39 is 0 Å². The summed E-state index contributed by atoms with van der Waals surface area (Å²) in [5.41, 5.74) is 7.31. The van der Waals surface area contributed by atoms with Gasteiger partial charge in [0.25, 0.3) is 0 Å². The van der Waals surface area contributed by atoms with Crippen LogP contribution < -0.4 is 10.5 Å². The highest BCUT2D eigenvalue weighted by Crippen LogP contribution is 2.33. The third kappa shape index (κ3) is 1.89. The predicted octanol–water partition coefficient (Wildman–Crippen LogP) is 2.77. The Morgan fingerprint density at radius 2 is 2.15 bits per heavy atom. The fourth-order valence-electron chi connectivity index (χ4n) is 1.18. The first-order valence-corrected chi connectivity index (χ1v) is 4.77. The van der Waals surface area contributed by atoms with Crippen LogP contribution in [0.25, 0.3) is 0 Å². The number of hydrogen-bond donors (Lipinski definition) is 1. The molecule has 0 atom stereocenters. The average molecular weight is 198 g/mol. The van der Waals surface area contributed by atoms with Gasteiger partial charge in [0.2, 0.25) is 0 Å². The van der Waals surface area contributed by atoms with E-state index in [1.807, 2.05) is 13.0 Å². The van der Waals surface area contributed by atoms with E-state index in [1.54, 1.807) is 6.07 Å². The number of aryl methyl sites for hydroxylation is 1. The molecule has 1 aliphatic rings. The van der Waals surface area contributed by atoms with Crippen LogP contribution in [0.3, 0.4) is 0 Å². The second kappa shape index (κ2) is 3.11. The Morgan fingerprint density at radius 3 is 2.77 bits per heavy atom. The quantitative estimate of drug-likeness (QED) is 0.740. The lowest BCUT2D eigenvalue weighted by Crippen LogP contribution is -1.99. The number of halogens is 1. The third-order valence-electron chi connectivity index (χ3n) is 2.11. The van der Waals surface area contributed by atoms with Crippen LogP contribution in [0.4, 0.5) is 5.69 Å². The molecule has 1 aromatic carbocycles. The number of anilines is 1. The first-order chi connectivity index (χ1) is 6.16. The Bertz CT molecular complexity index is 334. The van der Waals surface area contributed by atoms with E-state index in [9.17, 15) is 0 Å². The van der Waals surface area contributed by atoms with Gasteiger partial charge in [-0.2, -0.15) is 0 Å². The molecule has 13 heavy (non-hydrogen) atoms. The van der Waals surface area contributed by atoms with Crippen molar-refractivity contribution in [2.24, 2.45) is 0 Å². The number of rotatable bonds is 2. The van der Waals surface area contributed by atoms with Crippen molar-refractivity contribution in [3.8, 4) is 5.75 Å². The monoisotopic (exact) mass is 197 g/mol. The van der Waals surface area contributed by atoms with Crippen molar-refractivity contribution >= 4 is 17.3 Å². The number of nitrogens with two attached hydrogens (primary N) is 1. The molecule has 1 aromatic rings.